The van der Waals surface area contributed by atoms with Gasteiger partial charge in [0.2, 0.25) is 0 Å². The van der Waals surface area contributed by atoms with Crippen LogP contribution in [0, 0.1) is 0 Å². The minimum atomic E-state index is 0.00941. The third kappa shape index (κ3) is 5.16. The fourth-order valence-corrected chi connectivity index (χ4v) is 5.18. The van der Waals surface area contributed by atoms with Crippen molar-refractivity contribution in [2.24, 2.45) is 0 Å². The van der Waals surface area contributed by atoms with E-state index in [0.717, 1.165) is 64.4 Å². The number of anilines is 2. The molecular weight excluding hydrogens is 458 g/mol. The van der Waals surface area contributed by atoms with Gasteiger partial charge in [-0.05, 0) is 55.4 Å². The number of carbonyl (C=O) groups is 1. The van der Waals surface area contributed by atoms with E-state index in [1.54, 1.807) is 11.3 Å². The Morgan fingerprint density at radius 1 is 1.20 bits per heavy atom. The van der Waals surface area contributed by atoms with Crippen LogP contribution in [-0.4, -0.2) is 70.1 Å². The molecule has 0 saturated heterocycles. The number of likely N-dealkylation sites (N-methyl/N-ethyl adjacent to an activating group) is 1. The first-order valence-electron chi connectivity index (χ1n) is 12.2. The normalized spacial score (nSPS) is 14.0. The largest absolute Gasteiger partial charge is 0.355 e. The molecule has 0 spiro atoms. The molecule has 4 heterocycles. The fraction of sp³-hybridized carbons (Fsp3) is 0.346. The summed E-state index contributed by atoms with van der Waals surface area (Å²) in [6.45, 7) is 9.14. The van der Waals surface area contributed by atoms with Gasteiger partial charge in [-0.25, -0.2) is 14.8 Å². The lowest BCUT2D eigenvalue weighted by molar-refractivity contribution is 0.200. The summed E-state index contributed by atoms with van der Waals surface area (Å²) in [7, 11) is 0. The molecule has 3 aromatic heterocycles. The summed E-state index contributed by atoms with van der Waals surface area (Å²) < 4.78 is 1.16. The quantitative estimate of drug-likeness (QED) is 0.322. The van der Waals surface area contributed by atoms with Gasteiger partial charge in [-0.2, -0.15) is 0 Å². The smallest absolute Gasteiger partial charge is 0.317 e. The van der Waals surface area contributed by atoms with Crippen molar-refractivity contribution in [3.8, 4) is 0 Å². The predicted molar refractivity (Wildman–Crippen MR) is 144 cm³/mol. The summed E-state index contributed by atoms with van der Waals surface area (Å²) in [5, 5.41) is 7.64. The lowest BCUT2D eigenvalue weighted by Gasteiger charge is -2.27. The van der Waals surface area contributed by atoms with Gasteiger partial charge in [-0.15, -0.1) is 11.3 Å². The molecule has 0 atom stereocenters. The van der Waals surface area contributed by atoms with Crippen molar-refractivity contribution in [1.29, 1.82) is 0 Å². The van der Waals surface area contributed by atoms with Crippen molar-refractivity contribution >= 4 is 55.6 Å². The number of urea groups is 1. The Bertz CT molecular complexity index is 1350. The van der Waals surface area contributed by atoms with Gasteiger partial charge in [-0.3, -0.25) is 0 Å². The number of nitrogens with zero attached hydrogens (tertiary/aromatic N) is 4. The fourth-order valence-electron chi connectivity index (χ4n) is 4.47. The lowest BCUT2D eigenvalue weighted by atomic mass is 10.0. The average Bonchev–Trinajstić information content (AvgIpc) is 3.54. The van der Waals surface area contributed by atoms with E-state index in [-0.39, 0.29) is 6.03 Å². The van der Waals surface area contributed by atoms with E-state index in [9.17, 15) is 4.79 Å². The summed E-state index contributed by atoms with van der Waals surface area (Å²) in [4.78, 5) is 29.1. The lowest BCUT2D eigenvalue weighted by Crippen LogP contribution is -2.44. The number of thiazole rings is 1. The number of benzene rings is 1. The number of hydrogen-bond acceptors (Lipinski definition) is 6. The second-order valence-electron chi connectivity index (χ2n) is 8.65. The number of aromatic nitrogens is 3. The third-order valence-corrected chi connectivity index (χ3v) is 7.37. The van der Waals surface area contributed by atoms with Gasteiger partial charge in [0.25, 0.3) is 0 Å². The number of carbonyl (C=O) groups excluding carboxylic acids is 1. The predicted octanol–water partition coefficient (Wildman–Crippen LogP) is 5.06. The molecule has 0 saturated carbocycles. The molecule has 0 bridgehead atoms. The zero-order valence-electron chi connectivity index (χ0n) is 20.2. The number of aromatic amines is 1. The van der Waals surface area contributed by atoms with E-state index in [1.165, 1.54) is 5.57 Å². The molecule has 9 heteroatoms. The van der Waals surface area contributed by atoms with Gasteiger partial charge in [0.05, 0.1) is 21.4 Å². The van der Waals surface area contributed by atoms with Crippen LogP contribution in [-0.2, 0) is 0 Å². The van der Waals surface area contributed by atoms with Crippen LogP contribution in [0.2, 0.25) is 0 Å². The van der Waals surface area contributed by atoms with Gasteiger partial charge in [0.15, 0.2) is 0 Å². The minimum absolute atomic E-state index is 0.00941. The highest BCUT2D eigenvalue weighted by atomic mass is 32.1. The summed E-state index contributed by atoms with van der Waals surface area (Å²) in [5.74, 6) is 0. The zero-order chi connectivity index (χ0) is 24.2. The highest BCUT2D eigenvalue weighted by molar-refractivity contribution is 7.16. The molecule has 1 aliphatic rings. The maximum atomic E-state index is 12.6. The van der Waals surface area contributed by atoms with Crippen molar-refractivity contribution in [3.63, 3.8) is 0 Å². The second-order valence-corrected chi connectivity index (χ2v) is 9.53. The highest BCUT2D eigenvalue weighted by Crippen LogP contribution is 2.31. The average molecular weight is 490 g/mol. The van der Waals surface area contributed by atoms with Crippen LogP contribution in [0.1, 0.15) is 26.0 Å². The second kappa shape index (κ2) is 10.5. The maximum Gasteiger partial charge on any atom is 0.317 e. The van der Waals surface area contributed by atoms with Crippen LogP contribution >= 0.6 is 11.3 Å². The number of nitrogens with one attached hydrogen (secondary N) is 3. The van der Waals surface area contributed by atoms with Crippen molar-refractivity contribution in [2.45, 2.75) is 20.3 Å². The number of rotatable bonds is 8. The molecule has 3 N–H and O–H groups in total. The highest BCUT2D eigenvalue weighted by Gasteiger charge is 2.19. The van der Waals surface area contributed by atoms with E-state index in [1.807, 2.05) is 34.8 Å². The summed E-state index contributed by atoms with van der Waals surface area (Å²) in [5.41, 5.74) is 8.03. The van der Waals surface area contributed by atoms with Crippen molar-refractivity contribution in [3.05, 3.63) is 53.8 Å². The first-order chi connectivity index (χ1) is 17.1. The molecule has 2 amide bonds. The minimum Gasteiger partial charge on any atom is -0.355 e. The molecule has 5 rings (SSSR count). The molecule has 0 radical (unpaired) electrons. The van der Waals surface area contributed by atoms with E-state index >= 15 is 0 Å². The molecule has 1 aromatic carbocycles. The first-order valence-corrected chi connectivity index (χ1v) is 13.0. The van der Waals surface area contributed by atoms with Gasteiger partial charge in [0, 0.05) is 49.1 Å². The van der Waals surface area contributed by atoms with Crippen LogP contribution in [0.25, 0.3) is 26.8 Å². The number of H-pyrrole nitrogens is 1. The van der Waals surface area contributed by atoms with E-state index in [2.05, 4.69) is 62.5 Å². The van der Waals surface area contributed by atoms with Crippen molar-refractivity contribution in [2.75, 3.05) is 44.6 Å². The van der Waals surface area contributed by atoms with E-state index < -0.39 is 0 Å². The summed E-state index contributed by atoms with van der Waals surface area (Å²) >= 11 is 1.64. The molecule has 1 aliphatic heterocycles. The molecule has 0 fully saturated rings. The topological polar surface area (TPSA) is 89.2 Å². The molecule has 182 valence electrons. The Hall–Kier alpha value is -3.43. The molecule has 0 unspecified atom stereocenters. The molecule has 4 aromatic rings. The number of hydrogen-bond donors (Lipinski definition) is 3. The third-order valence-electron chi connectivity index (χ3n) is 6.58. The monoisotopic (exact) mass is 489 g/mol. The Morgan fingerprint density at radius 3 is 2.89 bits per heavy atom. The van der Waals surface area contributed by atoms with Crippen molar-refractivity contribution < 1.29 is 4.79 Å². The van der Waals surface area contributed by atoms with Gasteiger partial charge >= 0.3 is 6.03 Å². The van der Waals surface area contributed by atoms with E-state index in [4.69, 9.17) is 0 Å². The summed E-state index contributed by atoms with van der Waals surface area (Å²) in [6.07, 6.45) is 4.76. The summed E-state index contributed by atoms with van der Waals surface area (Å²) in [6, 6.07) is 10.4. The van der Waals surface area contributed by atoms with Crippen LogP contribution in [0.3, 0.4) is 0 Å². The van der Waals surface area contributed by atoms with Crippen molar-refractivity contribution in [1.82, 2.24) is 30.1 Å². The number of amides is 2. The molecule has 35 heavy (non-hydrogen) atoms. The Morgan fingerprint density at radius 2 is 2.09 bits per heavy atom. The standard InChI is InChI=1S/C26H31N7OS/c1-3-32(4-2)14-11-28-26(34)33-12-8-18(9-13-33)23-16-20-21(7-10-27-25(20)31-23)30-19-5-6-22-24(15-19)35-17-29-22/h5-8,10,15-17H,3-4,9,11-14H2,1-2H3,(H,28,34)(H2,27,30,31). The molecule has 0 aliphatic carbocycles. The van der Waals surface area contributed by atoms with Crippen LogP contribution in [0.15, 0.2) is 48.1 Å². The van der Waals surface area contributed by atoms with Crippen LogP contribution < -0.4 is 10.6 Å². The van der Waals surface area contributed by atoms with Crippen LogP contribution in [0.4, 0.5) is 16.2 Å². The zero-order valence-corrected chi connectivity index (χ0v) is 21.0. The van der Waals surface area contributed by atoms with Gasteiger partial charge < -0.3 is 25.4 Å². The van der Waals surface area contributed by atoms with E-state index in [0.29, 0.717) is 19.6 Å². The van der Waals surface area contributed by atoms with Gasteiger partial charge in [-0.1, -0.05) is 19.9 Å². The maximum absolute atomic E-state index is 12.6. The number of pyridine rings is 1. The Balaban J connectivity index is 1.26. The number of fused-ring (bicyclic) bond motifs is 2. The van der Waals surface area contributed by atoms with Gasteiger partial charge in [0.1, 0.15) is 5.65 Å². The molecular formula is C26H31N7OS. The van der Waals surface area contributed by atoms with Crippen LogP contribution in [0.5, 0.6) is 0 Å². The SMILES string of the molecule is CCN(CC)CCNC(=O)N1CC=C(c2cc3c(Nc4ccc5ncsc5c4)ccnc3[nH]2)CC1. The molecule has 8 nitrogen and oxygen atoms in total. The Labute approximate surface area is 209 Å². The Kier molecular flexibility index (Phi) is 6.96. The first kappa shape index (κ1) is 23.3.